The minimum Gasteiger partial charge on any atom is -0.481 e. The van der Waals surface area contributed by atoms with E-state index in [1.165, 1.54) is 0 Å². The average Bonchev–Trinajstić information content (AvgIpc) is 2.96. The molecule has 0 heterocycles. The first-order chi connectivity index (χ1) is 8.28. The van der Waals surface area contributed by atoms with Crippen LogP contribution in [-0.2, 0) is 14.6 Å². The van der Waals surface area contributed by atoms with E-state index in [1.807, 2.05) is 0 Å². The van der Waals surface area contributed by atoms with Gasteiger partial charge in [0.25, 0.3) is 0 Å². The molecule has 1 fully saturated rings. The van der Waals surface area contributed by atoms with Crippen LogP contribution < -0.4 is 10.6 Å². The van der Waals surface area contributed by atoms with Gasteiger partial charge in [-0.3, -0.25) is 4.79 Å². The highest BCUT2D eigenvalue weighted by Gasteiger charge is 2.33. The number of hydrogen-bond acceptors (Lipinski definition) is 4. The zero-order valence-corrected chi connectivity index (χ0v) is 11.0. The van der Waals surface area contributed by atoms with Crippen LogP contribution in [-0.4, -0.2) is 50.1 Å². The number of carbonyl (C=O) groups is 2. The van der Waals surface area contributed by atoms with Crippen LogP contribution in [0.4, 0.5) is 4.79 Å². The summed E-state index contributed by atoms with van der Waals surface area (Å²) in [6.45, 7) is 0.0229. The van der Waals surface area contributed by atoms with Crippen molar-refractivity contribution in [2.24, 2.45) is 5.92 Å². The van der Waals surface area contributed by atoms with Gasteiger partial charge < -0.3 is 15.7 Å². The summed E-state index contributed by atoms with van der Waals surface area (Å²) in [6.07, 6.45) is 2.82. The van der Waals surface area contributed by atoms with Crippen LogP contribution in [0, 0.1) is 5.92 Å². The predicted molar refractivity (Wildman–Crippen MR) is 65.0 cm³/mol. The molecule has 18 heavy (non-hydrogen) atoms. The number of carboxylic acids is 1. The van der Waals surface area contributed by atoms with E-state index in [0.717, 1.165) is 19.1 Å². The molecule has 0 aromatic heterocycles. The zero-order valence-electron chi connectivity index (χ0n) is 10.2. The second-order valence-electron chi connectivity index (χ2n) is 4.57. The van der Waals surface area contributed by atoms with E-state index in [1.54, 1.807) is 0 Å². The normalized spacial score (nSPS) is 16.9. The van der Waals surface area contributed by atoms with Gasteiger partial charge in [0, 0.05) is 18.8 Å². The first kappa shape index (κ1) is 14.7. The van der Waals surface area contributed by atoms with E-state index in [2.05, 4.69) is 10.6 Å². The van der Waals surface area contributed by atoms with Gasteiger partial charge in [-0.2, -0.15) is 0 Å². The SMILES string of the molecule is CS(=O)(=O)CCNC(=O)NC(CC(=O)O)C1CC1. The maximum absolute atomic E-state index is 11.4. The number of urea groups is 1. The average molecular weight is 278 g/mol. The van der Waals surface area contributed by atoms with Crippen molar-refractivity contribution in [1.82, 2.24) is 10.6 Å². The lowest BCUT2D eigenvalue weighted by atomic mass is 10.1. The summed E-state index contributed by atoms with van der Waals surface area (Å²) in [5, 5.41) is 13.7. The van der Waals surface area contributed by atoms with E-state index >= 15 is 0 Å². The second-order valence-corrected chi connectivity index (χ2v) is 6.83. The number of aliphatic carboxylic acids is 1. The summed E-state index contributed by atoms with van der Waals surface area (Å²) >= 11 is 0. The maximum atomic E-state index is 11.4. The molecule has 0 saturated heterocycles. The summed E-state index contributed by atoms with van der Waals surface area (Å²) in [5.41, 5.74) is 0. The van der Waals surface area contributed by atoms with E-state index < -0.39 is 21.8 Å². The number of carbonyl (C=O) groups excluding carboxylic acids is 1. The Balaban J connectivity index is 2.30. The fraction of sp³-hybridized carbons (Fsp3) is 0.800. The summed E-state index contributed by atoms with van der Waals surface area (Å²) in [5.74, 6) is -0.863. The molecule has 1 unspecified atom stereocenters. The minimum atomic E-state index is -3.11. The Labute approximate surface area is 106 Å². The molecule has 3 N–H and O–H groups in total. The summed E-state index contributed by atoms with van der Waals surface area (Å²) < 4.78 is 21.7. The summed E-state index contributed by atoms with van der Waals surface area (Å²) in [7, 11) is -3.11. The molecule has 104 valence electrons. The third-order valence-electron chi connectivity index (χ3n) is 2.66. The highest BCUT2D eigenvalue weighted by Crippen LogP contribution is 2.33. The predicted octanol–water partition coefficient (Wildman–Crippen LogP) is -0.416. The summed E-state index contributed by atoms with van der Waals surface area (Å²) in [4.78, 5) is 22.1. The zero-order chi connectivity index (χ0) is 13.8. The molecular weight excluding hydrogens is 260 g/mol. The molecule has 8 heteroatoms. The fourth-order valence-electron chi connectivity index (χ4n) is 1.59. The lowest BCUT2D eigenvalue weighted by molar-refractivity contribution is -0.137. The van der Waals surface area contributed by atoms with Crippen LogP contribution in [0.5, 0.6) is 0 Å². The van der Waals surface area contributed by atoms with Crippen molar-refractivity contribution in [1.29, 1.82) is 0 Å². The molecule has 1 rings (SSSR count). The van der Waals surface area contributed by atoms with Crippen molar-refractivity contribution < 1.29 is 23.1 Å². The summed E-state index contributed by atoms with van der Waals surface area (Å²) in [6, 6.07) is -0.891. The van der Waals surface area contributed by atoms with Crippen LogP contribution in [0.25, 0.3) is 0 Å². The van der Waals surface area contributed by atoms with E-state index in [-0.39, 0.29) is 30.7 Å². The monoisotopic (exact) mass is 278 g/mol. The van der Waals surface area contributed by atoms with E-state index in [9.17, 15) is 18.0 Å². The van der Waals surface area contributed by atoms with Crippen molar-refractivity contribution >= 4 is 21.8 Å². The number of sulfone groups is 1. The van der Waals surface area contributed by atoms with Crippen molar-refractivity contribution in [3.05, 3.63) is 0 Å². The molecule has 7 nitrogen and oxygen atoms in total. The van der Waals surface area contributed by atoms with Gasteiger partial charge in [-0.15, -0.1) is 0 Å². The van der Waals surface area contributed by atoms with Gasteiger partial charge >= 0.3 is 12.0 Å². The topological polar surface area (TPSA) is 113 Å². The largest absolute Gasteiger partial charge is 0.481 e. The fourth-order valence-corrected chi connectivity index (χ4v) is 2.06. The Bertz CT molecular complexity index is 416. The standard InChI is InChI=1S/C10H18N2O5S/c1-18(16,17)5-4-11-10(15)12-8(6-9(13)14)7-2-3-7/h7-8H,2-6H2,1H3,(H,13,14)(H2,11,12,15). The van der Waals surface area contributed by atoms with Gasteiger partial charge in [-0.05, 0) is 18.8 Å². The Morgan fingerprint density at radius 2 is 2.00 bits per heavy atom. The maximum Gasteiger partial charge on any atom is 0.315 e. The molecule has 1 saturated carbocycles. The number of nitrogens with one attached hydrogen (secondary N) is 2. The molecule has 1 aliphatic carbocycles. The number of hydrogen-bond donors (Lipinski definition) is 3. The van der Waals surface area contributed by atoms with Crippen LogP contribution in [0.15, 0.2) is 0 Å². The Kier molecular flexibility index (Phi) is 4.94. The third-order valence-corrected chi connectivity index (χ3v) is 3.61. The first-order valence-electron chi connectivity index (χ1n) is 5.72. The lowest BCUT2D eigenvalue weighted by Gasteiger charge is -2.16. The minimum absolute atomic E-state index is 0.0229. The van der Waals surface area contributed by atoms with Gasteiger partial charge in [0.1, 0.15) is 9.84 Å². The number of carboxylic acid groups (broad SMARTS) is 1. The van der Waals surface area contributed by atoms with Crippen molar-refractivity contribution in [2.45, 2.75) is 25.3 Å². The smallest absolute Gasteiger partial charge is 0.315 e. The van der Waals surface area contributed by atoms with Crippen LogP contribution in [0.1, 0.15) is 19.3 Å². The molecule has 0 bridgehead atoms. The molecule has 1 aliphatic rings. The quantitative estimate of drug-likeness (QED) is 0.585. The molecule has 0 radical (unpaired) electrons. The van der Waals surface area contributed by atoms with Gasteiger partial charge in [-0.25, -0.2) is 13.2 Å². The molecule has 2 amide bonds. The van der Waals surface area contributed by atoms with Crippen LogP contribution in [0.3, 0.4) is 0 Å². The molecule has 1 atom stereocenters. The van der Waals surface area contributed by atoms with Gasteiger partial charge in [-0.1, -0.05) is 0 Å². The van der Waals surface area contributed by atoms with Gasteiger partial charge in [0.2, 0.25) is 0 Å². The van der Waals surface area contributed by atoms with Crippen molar-refractivity contribution in [3.63, 3.8) is 0 Å². The van der Waals surface area contributed by atoms with Crippen LogP contribution >= 0.6 is 0 Å². The molecule has 0 aromatic rings. The molecule has 0 aliphatic heterocycles. The number of amides is 2. The Hall–Kier alpha value is -1.31. The molecular formula is C10H18N2O5S. The van der Waals surface area contributed by atoms with E-state index in [4.69, 9.17) is 5.11 Å². The molecule has 0 aromatic carbocycles. The van der Waals surface area contributed by atoms with Gasteiger partial charge in [0.15, 0.2) is 0 Å². The second kappa shape index (κ2) is 6.03. The number of rotatable bonds is 7. The van der Waals surface area contributed by atoms with Crippen molar-refractivity contribution in [3.8, 4) is 0 Å². The highest BCUT2D eigenvalue weighted by molar-refractivity contribution is 7.90. The lowest BCUT2D eigenvalue weighted by Crippen LogP contribution is -2.45. The van der Waals surface area contributed by atoms with Crippen molar-refractivity contribution in [2.75, 3.05) is 18.6 Å². The Morgan fingerprint density at radius 3 is 2.44 bits per heavy atom. The van der Waals surface area contributed by atoms with Gasteiger partial charge in [0.05, 0.1) is 12.2 Å². The third kappa shape index (κ3) is 6.43. The Morgan fingerprint density at radius 1 is 1.39 bits per heavy atom. The first-order valence-corrected chi connectivity index (χ1v) is 7.78. The highest BCUT2D eigenvalue weighted by atomic mass is 32.2. The molecule has 0 spiro atoms. The van der Waals surface area contributed by atoms with Crippen LogP contribution in [0.2, 0.25) is 0 Å². The van der Waals surface area contributed by atoms with E-state index in [0.29, 0.717) is 0 Å².